The summed E-state index contributed by atoms with van der Waals surface area (Å²) >= 11 is 0. The van der Waals surface area contributed by atoms with Crippen LogP contribution < -0.4 is 9.47 Å². The molecule has 0 spiro atoms. The Labute approximate surface area is 115 Å². The molecule has 0 radical (unpaired) electrons. The van der Waals surface area contributed by atoms with Crippen molar-refractivity contribution in [2.75, 3.05) is 0 Å². The van der Waals surface area contributed by atoms with E-state index >= 15 is 0 Å². The Morgan fingerprint density at radius 3 is 1.65 bits per heavy atom. The zero-order chi connectivity index (χ0) is 13.6. The molecule has 98 valence electrons. The standard InChI is InChI=1S/C14H10N4O2/c1-3-11(7-15-5-1)19-13-9-17-10-14(18-13)20-12-4-2-6-16-8-12/h1-10H. The molecule has 3 aromatic heterocycles. The van der Waals surface area contributed by atoms with Gasteiger partial charge in [-0.3, -0.25) is 15.0 Å². The quantitative estimate of drug-likeness (QED) is 0.723. The molecule has 0 aliphatic carbocycles. The van der Waals surface area contributed by atoms with Crippen molar-refractivity contribution in [3.63, 3.8) is 0 Å². The van der Waals surface area contributed by atoms with E-state index in [9.17, 15) is 0 Å². The molecule has 6 nitrogen and oxygen atoms in total. The van der Waals surface area contributed by atoms with Gasteiger partial charge in [-0.1, -0.05) is 0 Å². The van der Waals surface area contributed by atoms with Gasteiger partial charge in [0, 0.05) is 12.4 Å². The first-order valence-corrected chi connectivity index (χ1v) is 5.88. The highest BCUT2D eigenvalue weighted by molar-refractivity contribution is 5.26. The summed E-state index contributed by atoms with van der Waals surface area (Å²) < 4.78 is 11.0. The van der Waals surface area contributed by atoms with Gasteiger partial charge in [0.25, 0.3) is 0 Å². The van der Waals surface area contributed by atoms with Crippen LogP contribution in [0.1, 0.15) is 0 Å². The summed E-state index contributed by atoms with van der Waals surface area (Å²) in [5.74, 6) is 1.83. The van der Waals surface area contributed by atoms with E-state index in [1.54, 1.807) is 49.1 Å². The van der Waals surface area contributed by atoms with Gasteiger partial charge in [-0.15, -0.1) is 0 Å². The second-order valence-electron chi connectivity index (χ2n) is 3.78. The Hall–Kier alpha value is -3.02. The maximum atomic E-state index is 5.52. The first-order valence-electron chi connectivity index (χ1n) is 5.88. The number of nitrogens with zero attached hydrogens (tertiary/aromatic N) is 4. The van der Waals surface area contributed by atoms with Gasteiger partial charge >= 0.3 is 0 Å². The van der Waals surface area contributed by atoms with E-state index in [0.717, 1.165) is 0 Å². The predicted molar refractivity (Wildman–Crippen MR) is 70.7 cm³/mol. The zero-order valence-electron chi connectivity index (χ0n) is 10.4. The van der Waals surface area contributed by atoms with Crippen molar-refractivity contribution in [2.24, 2.45) is 0 Å². The van der Waals surface area contributed by atoms with Crippen molar-refractivity contribution in [3.8, 4) is 23.3 Å². The molecule has 0 fully saturated rings. The van der Waals surface area contributed by atoms with Crippen molar-refractivity contribution in [2.45, 2.75) is 0 Å². The third-order valence-electron chi connectivity index (χ3n) is 2.30. The van der Waals surface area contributed by atoms with E-state index in [4.69, 9.17) is 9.47 Å². The highest BCUT2D eigenvalue weighted by Crippen LogP contribution is 2.22. The van der Waals surface area contributed by atoms with Crippen molar-refractivity contribution < 1.29 is 9.47 Å². The van der Waals surface area contributed by atoms with E-state index < -0.39 is 0 Å². The Bertz CT molecular complexity index is 620. The number of pyridine rings is 2. The molecular weight excluding hydrogens is 256 g/mol. The van der Waals surface area contributed by atoms with Gasteiger partial charge in [0.05, 0.1) is 24.8 Å². The average Bonchev–Trinajstić information content (AvgIpc) is 2.50. The summed E-state index contributed by atoms with van der Waals surface area (Å²) in [6, 6.07) is 7.12. The van der Waals surface area contributed by atoms with Crippen LogP contribution in [-0.2, 0) is 0 Å². The summed E-state index contributed by atoms with van der Waals surface area (Å²) in [5, 5.41) is 0. The molecule has 3 rings (SSSR count). The first-order chi connectivity index (χ1) is 9.90. The lowest BCUT2D eigenvalue weighted by Gasteiger charge is -2.06. The van der Waals surface area contributed by atoms with Gasteiger partial charge in [-0.25, -0.2) is 0 Å². The van der Waals surface area contributed by atoms with Crippen LogP contribution in [0.4, 0.5) is 0 Å². The van der Waals surface area contributed by atoms with Gasteiger partial charge in [0.15, 0.2) is 0 Å². The molecule has 0 aliphatic heterocycles. The highest BCUT2D eigenvalue weighted by Gasteiger charge is 2.03. The molecule has 3 aromatic rings. The van der Waals surface area contributed by atoms with Gasteiger partial charge < -0.3 is 9.47 Å². The fourth-order valence-electron chi connectivity index (χ4n) is 1.49. The maximum Gasteiger partial charge on any atom is 0.241 e. The number of hydrogen-bond donors (Lipinski definition) is 0. The van der Waals surface area contributed by atoms with Crippen LogP contribution in [0, 0.1) is 0 Å². The molecule has 0 unspecified atom stereocenters. The van der Waals surface area contributed by atoms with Gasteiger partial charge in [0.1, 0.15) is 11.5 Å². The Morgan fingerprint density at radius 1 is 0.650 bits per heavy atom. The fraction of sp³-hybridized carbons (Fsp3) is 0. The van der Waals surface area contributed by atoms with E-state index in [-0.39, 0.29) is 0 Å². The maximum absolute atomic E-state index is 5.52. The largest absolute Gasteiger partial charge is 0.436 e. The van der Waals surface area contributed by atoms with Crippen LogP contribution in [0.5, 0.6) is 23.3 Å². The molecule has 0 bridgehead atoms. The fourth-order valence-corrected chi connectivity index (χ4v) is 1.49. The van der Waals surface area contributed by atoms with Crippen LogP contribution >= 0.6 is 0 Å². The summed E-state index contributed by atoms with van der Waals surface area (Å²) in [4.78, 5) is 16.1. The van der Waals surface area contributed by atoms with Gasteiger partial charge in [-0.05, 0) is 24.3 Å². The SMILES string of the molecule is c1cncc(Oc2cncc(Oc3cccnc3)n2)c1. The third-order valence-corrected chi connectivity index (χ3v) is 2.30. The number of ether oxygens (including phenoxy) is 2. The number of aromatic nitrogens is 4. The minimum Gasteiger partial charge on any atom is -0.436 e. The third kappa shape index (κ3) is 3.05. The van der Waals surface area contributed by atoms with Crippen LogP contribution in [-0.4, -0.2) is 19.9 Å². The minimum atomic E-state index is 0.333. The van der Waals surface area contributed by atoms with Crippen molar-refractivity contribution >= 4 is 0 Å². The highest BCUT2D eigenvalue weighted by atomic mass is 16.5. The predicted octanol–water partition coefficient (Wildman–Crippen LogP) is 2.85. The molecule has 0 aromatic carbocycles. The van der Waals surface area contributed by atoms with Crippen molar-refractivity contribution in [3.05, 3.63) is 61.4 Å². The van der Waals surface area contributed by atoms with Crippen LogP contribution in [0.2, 0.25) is 0 Å². The van der Waals surface area contributed by atoms with E-state index in [0.29, 0.717) is 23.3 Å². The zero-order valence-corrected chi connectivity index (χ0v) is 10.4. The molecule has 0 saturated heterocycles. The molecule has 0 N–H and O–H groups in total. The molecule has 0 amide bonds. The van der Waals surface area contributed by atoms with Crippen molar-refractivity contribution in [1.29, 1.82) is 0 Å². The molecule has 6 heteroatoms. The lowest BCUT2D eigenvalue weighted by molar-refractivity contribution is 0.420. The van der Waals surface area contributed by atoms with Crippen LogP contribution in [0.25, 0.3) is 0 Å². The molecule has 0 saturated carbocycles. The van der Waals surface area contributed by atoms with E-state index in [1.165, 1.54) is 12.4 Å². The average molecular weight is 266 g/mol. The summed E-state index contributed by atoms with van der Waals surface area (Å²) in [6.45, 7) is 0. The monoisotopic (exact) mass is 266 g/mol. The summed E-state index contributed by atoms with van der Waals surface area (Å²) in [5.41, 5.74) is 0. The molecule has 3 heterocycles. The lowest BCUT2D eigenvalue weighted by atomic mass is 10.5. The molecular formula is C14H10N4O2. The topological polar surface area (TPSA) is 70.0 Å². The van der Waals surface area contributed by atoms with E-state index in [1.807, 2.05) is 0 Å². The van der Waals surface area contributed by atoms with Crippen LogP contribution in [0.3, 0.4) is 0 Å². The number of rotatable bonds is 4. The Balaban J connectivity index is 1.76. The lowest BCUT2D eigenvalue weighted by Crippen LogP contribution is -1.93. The summed E-state index contributed by atoms with van der Waals surface area (Å²) in [6.07, 6.45) is 9.53. The Morgan fingerprint density at radius 2 is 1.20 bits per heavy atom. The normalized spacial score (nSPS) is 10.0. The minimum absolute atomic E-state index is 0.333. The first kappa shape index (κ1) is 12.0. The molecule has 0 aliphatic rings. The molecule has 20 heavy (non-hydrogen) atoms. The van der Waals surface area contributed by atoms with Gasteiger partial charge in [-0.2, -0.15) is 4.98 Å². The number of hydrogen-bond acceptors (Lipinski definition) is 6. The summed E-state index contributed by atoms with van der Waals surface area (Å²) in [7, 11) is 0. The Kier molecular flexibility index (Phi) is 3.46. The van der Waals surface area contributed by atoms with Crippen molar-refractivity contribution in [1.82, 2.24) is 19.9 Å². The second kappa shape index (κ2) is 5.75. The van der Waals surface area contributed by atoms with Gasteiger partial charge in [0.2, 0.25) is 11.8 Å². The second-order valence-corrected chi connectivity index (χ2v) is 3.78. The van der Waals surface area contributed by atoms with E-state index in [2.05, 4.69) is 19.9 Å². The smallest absolute Gasteiger partial charge is 0.241 e. The van der Waals surface area contributed by atoms with Crippen LogP contribution in [0.15, 0.2) is 61.4 Å². The molecule has 0 atom stereocenters.